The van der Waals surface area contributed by atoms with E-state index in [-0.39, 0.29) is 11.3 Å². The molecule has 10 heteroatoms. The molecule has 196 valence electrons. The molecule has 0 unspecified atom stereocenters. The highest BCUT2D eigenvalue weighted by molar-refractivity contribution is 7.99. The van der Waals surface area contributed by atoms with Gasteiger partial charge in [0.2, 0.25) is 0 Å². The Morgan fingerprint density at radius 1 is 1.05 bits per heavy atom. The van der Waals surface area contributed by atoms with E-state index in [1.807, 2.05) is 37.3 Å². The Morgan fingerprint density at radius 2 is 1.81 bits per heavy atom. The lowest BCUT2D eigenvalue weighted by atomic mass is 9.90. The third-order valence-corrected chi connectivity index (χ3v) is 7.52. The first-order chi connectivity index (χ1) is 17.8. The molecule has 0 spiro atoms. The molecule has 1 aliphatic heterocycles. The minimum absolute atomic E-state index is 0.0701. The molecule has 5 atom stereocenters. The second-order valence-electron chi connectivity index (χ2n) is 8.67. The highest BCUT2D eigenvalue weighted by Crippen LogP contribution is 2.36. The van der Waals surface area contributed by atoms with Crippen molar-refractivity contribution in [3.63, 3.8) is 0 Å². The summed E-state index contributed by atoms with van der Waals surface area (Å²) in [5.74, 6) is -0.0535. The van der Waals surface area contributed by atoms with Crippen molar-refractivity contribution in [1.29, 1.82) is 0 Å². The number of aromatic carboxylic acids is 1. The molecular weight excluding hydrogens is 518 g/mol. The molecule has 1 saturated heterocycles. The maximum Gasteiger partial charge on any atom is 0.337 e. The Hall–Kier alpha value is -2.66. The van der Waals surface area contributed by atoms with Gasteiger partial charge < -0.3 is 29.9 Å². The number of carboxylic acids is 1. The van der Waals surface area contributed by atoms with Gasteiger partial charge in [-0.1, -0.05) is 35.9 Å². The predicted octanol–water partition coefficient (Wildman–Crippen LogP) is 3.74. The van der Waals surface area contributed by atoms with Crippen LogP contribution in [0.2, 0.25) is 5.02 Å². The fourth-order valence-corrected chi connectivity index (χ4v) is 5.21. The number of benzene rings is 2. The van der Waals surface area contributed by atoms with E-state index in [2.05, 4.69) is 4.98 Å². The highest BCUT2D eigenvalue weighted by Gasteiger charge is 2.44. The second-order valence-corrected chi connectivity index (χ2v) is 10.1. The lowest BCUT2D eigenvalue weighted by Crippen LogP contribution is -2.54. The zero-order valence-electron chi connectivity index (χ0n) is 20.0. The van der Waals surface area contributed by atoms with Gasteiger partial charge in [0.25, 0.3) is 0 Å². The topological polar surface area (TPSA) is 129 Å². The Morgan fingerprint density at radius 3 is 2.46 bits per heavy atom. The highest BCUT2D eigenvalue weighted by atomic mass is 35.5. The van der Waals surface area contributed by atoms with Crippen molar-refractivity contribution in [2.45, 2.75) is 48.9 Å². The number of carboxylic acid groups (broad SMARTS) is 1. The van der Waals surface area contributed by atoms with Crippen molar-refractivity contribution >= 4 is 29.3 Å². The molecule has 8 nitrogen and oxygen atoms in total. The van der Waals surface area contributed by atoms with Gasteiger partial charge in [0.05, 0.1) is 23.3 Å². The monoisotopic (exact) mass is 545 g/mol. The number of aromatic nitrogens is 1. The number of halogens is 1. The summed E-state index contributed by atoms with van der Waals surface area (Å²) in [6, 6.07) is 16.0. The van der Waals surface area contributed by atoms with E-state index < -0.39 is 36.5 Å². The van der Waals surface area contributed by atoms with E-state index >= 15 is 0 Å². The number of hydrogen-bond donors (Lipinski definition) is 4. The first kappa shape index (κ1) is 27.4. The molecular formula is C27H28ClNO7S. The van der Waals surface area contributed by atoms with Gasteiger partial charge in [0.1, 0.15) is 30.2 Å². The Labute approximate surface area is 223 Å². The van der Waals surface area contributed by atoms with Crippen molar-refractivity contribution in [1.82, 2.24) is 4.98 Å². The number of ether oxygens (including phenoxy) is 2. The summed E-state index contributed by atoms with van der Waals surface area (Å²) in [6.07, 6.45) is -3.97. The second kappa shape index (κ2) is 12.3. The van der Waals surface area contributed by atoms with Crippen LogP contribution in [0.1, 0.15) is 40.1 Å². The number of thioether (sulfide) groups is 1. The van der Waals surface area contributed by atoms with Crippen LogP contribution < -0.4 is 4.74 Å². The maximum absolute atomic E-state index is 11.0. The predicted molar refractivity (Wildman–Crippen MR) is 139 cm³/mol. The number of rotatable bonds is 9. The average molecular weight is 546 g/mol. The summed E-state index contributed by atoms with van der Waals surface area (Å²) in [5, 5.41) is 42.0. The number of aliphatic hydroxyl groups excluding tert-OH is 3. The molecule has 1 aliphatic rings. The summed E-state index contributed by atoms with van der Waals surface area (Å²) in [5.41, 5.74) is 2.55. The smallest absolute Gasteiger partial charge is 0.337 e. The van der Waals surface area contributed by atoms with Crippen molar-refractivity contribution in [2.24, 2.45) is 0 Å². The summed E-state index contributed by atoms with van der Waals surface area (Å²) in [6.45, 7) is 2.51. The van der Waals surface area contributed by atoms with E-state index in [0.29, 0.717) is 28.6 Å². The molecule has 3 aromatic rings. The Balaban J connectivity index is 1.48. The number of aliphatic hydroxyl groups is 3. The molecule has 37 heavy (non-hydrogen) atoms. The molecule has 4 rings (SSSR count). The van der Waals surface area contributed by atoms with Crippen LogP contribution in [0.25, 0.3) is 0 Å². The zero-order valence-corrected chi connectivity index (χ0v) is 21.6. The van der Waals surface area contributed by atoms with Crippen molar-refractivity contribution in [3.05, 3.63) is 88.1 Å². The number of pyridine rings is 1. The van der Waals surface area contributed by atoms with Crippen LogP contribution >= 0.6 is 23.4 Å². The Kier molecular flexibility index (Phi) is 9.07. The first-order valence-electron chi connectivity index (χ1n) is 11.8. The van der Waals surface area contributed by atoms with Crippen LogP contribution in [0.4, 0.5) is 0 Å². The first-order valence-corrected chi connectivity index (χ1v) is 13.1. The maximum atomic E-state index is 11.0. The molecule has 1 fully saturated rings. The van der Waals surface area contributed by atoms with Crippen LogP contribution in [0, 0.1) is 0 Å². The van der Waals surface area contributed by atoms with E-state index in [9.17, 15) is 20.1 Å². The summed E-state index contributed by atoms with van der Waals surface area (Å²) < 4.78 is 11.6. The molecule has 0 radical (unpaired) electrons. The fraction of sp³-hybridized carbons (Fsp3) is 0.333. The zero-order chi connectivity index (χ0) is 26.5. The molecule has 0 amide bonds. The molecule has 0 saturated carbocycles. The summed E-state index contributed by atoms with van der Waals surface area (Å²) in [4.78, 5) is 15.1. The minimum Gasteiger partial charge on any atom is -0.494 e. The third kappa shape index (κ3) is 6.62. The number of nitrogens with zero attached hydrogens (tertiary/aromatic N) is 1. The van der Waals surface area contributed by atoms with E-state index in [4.69, 9.17) is 26.2 Å². The quantitative estimate of drug-likeness (QED) is 0.297. The fourth-order valence-electron chi connectivity index (χ4n) is 4.12. The van der Waals surface area contributed by atoms with Crippen LogP contribution in [-0.4, -0.2) is 68.2 Å². The molecule has 0 aliphatic carbocycles. The van der Waals surface area contributed by atoms with Crippen molar-refractivity contribution in [3.8, 4) is 5.75 Å². The average Bonchev–Trinajstić information content (AvgIpc) is 2.90. The third-order valence-electron chi connectivity index (χ3n) is 6.12. The van der Waals surface area contributed by atoms with E-state index in [1.165, 1.54) is 24.0 Å². The number of carbonyl (C=O) groups is 1. The van der Waals surface area contributed by atoms with Gasteiger partial charge >= 0.3 is 5.97 Å². The van der Waals surface area contributed by atoms with Crippen molar-refractivity contribution in [2.75, 3.05) is 12.4 Å². The van der Waals surface area contributed by atoms with Gasteiger partial charge in [-0.25, -0.2) is 9.78 Å². The largest absolute Gasteiger partial charge is 0.494 e. The van der Waals surface area contributed by atoms with Crippen LogP contribution in [0.3, 0.4) is 0 Å². The van der Waals surface area contributed by atoms with Gasteiger partial charge in [0, 0.05) is 17.0 Å². The van der Waals surface area contributed by atoms with E-state index in [0.717, 1.165) is 16.9 Å². The molecule has 2 heterocycles. The van der Waals surface area contributed by atoms with Gasteiger partial charge in [-0.15, -0.1) is 11.8 Å². The minimum atomic E-state index is -1.42. The number of hydrogen-bond acceptors (Lipinski definition) is 8. The molecule has 2 aromatic carbocycles. The van der Waals surface area contributed by atoms with Crippen LogP contribution in [0.5, 0.6) is 5.75 Å². The van der Waals surface area contributed by atoms with Crippen LogP contribution in [-0.2, 0) is 11.2 Å². The Bertz CT molecular complexity index is 1210. The summed E-state index contributed by atoms with van der Waals surface area (Å²) >= 11 is 7.72. The van der Waals surface area contributed by atoms with Crippen LogP contribution in [0.15, 0.2) is 65.8 Å². The van der Waals surface area contributed by atoms with Crippen molar-refractivity contribution < 1.29 is 34.7 Å². The lowest BCUT2D eigenvalue weighted by molar-refractivity contribution is -0.218. The lowest BCUT2D eigenvalue weighted by Gasteiger charge is -2.41. The standard InChI is InChI=1S/C27H28ClNO7S/c1-2-35-19-7-3-15(4-8-19)11-18-12-16(5-9-20(18)28)26-25(32)24(31)23(30)21(36-26)14-37-22-10-6-17(13-29-22)27(33)34/h3-10,12-13,21,23-26,30-32H,2,11,14H2,1H3,(H,33,34)/t21-,23+,24-,25-,26+/m1/s1. The van der Waals surface area contributed by atoms with E-state index in [1.54, 1.807) is 18.2 Å². The molecule has 1 aromatic heterocycles. The van der Waals surface area contributed by atoms with Gasteiger partial charge in [0.15, 0.2) is 0 Å². The summed E-state index contributed by atoms with van der Waals surface area (Å²) in [7, 11) is 0. The molecule has 4 N–H and O–H groups in total. The molecule has 0 bridgehead atoms. The SMILES string of the molecule is CCOc1ccc(Cc2cc([C@@H]3O[C@H](CSc4ccc(C(=O)O)cn4)[C@H](O)[C@@H](O)[C@H]3O)ccc2Cl)cc1. The normalized spacial score (nSPS) is 23.5. The van der Waals surface area contributed by atoms with Gasteiger partial charge in [-0.3, -0.25) is 0 Å². The van der Waals surface area contributed by atoms with Gasteiger partial charge in [-0.2, -0.15) is 0 Å². The van der Waals surface area contributed by atoms with Gasteiger partial charge in [-0.05, 0) is 60.4 Å².